The van der Waals surface area contributed by atoms with Crippen molar-refractivity contribution in [3.63, 3.8) is 0 Å². The molecule has 2 heterocycles. The average Bonchev–Trinajstić information content (AvgIpc) is 2.88. The molecule has 0 radical (unpaired) electrons. The number of aromatic hydroxyl groups is 1. The van der Waals surface area contributed by atoms with Crippen molar-refractivity contribution in [3.8, 4) is 16.9 Å². The van der Waals surface area contributed by atoms with Crippen molar-refractivity contribution in [1.82, 2.24) is 9.80 Å². The summed E-state index contributed by atoms with van der Waals surface area (Å²) in [5.41, 5.74) is -1.20. The quantitative estimate of drug-likeness (QED) is 0.547. The number of phenols is 1. The predicted octanol–water partition coefficient (Wildman–Crippen LogP) is 3.06. The molecule has 2 aromatic carbocycles. The summed E-state index contributed by atoms with van der Waals surface area (Å²) in [7, 11) is 0. The second-order valence-electron chi connectivity index (χ2n) is 9.44. The summed E-state index contributed by atoms with van der Waals surface area (Å²) < 4.78 is 0. The molecule has 8 nitrogen and oxygen atoms in total. The number of carbonyl (C=O) groups is 3. The van der Waals surface area contributed by atoms with Gasteiger partial charge in [0.25, 0.3) is 11.8 Å². The molecule has 2 saturated heterocycles. The van der Waals surface area contributed by atoms with E-state index in [1.165, 1.54) is 17.0 Å². The number of likely N-dealkylation sites (tertiary alicyclic amines) is 2. The van der Waals surface area contributed by atoms with Crippen LogP contribution in [0.4, 0.5) is 0 Å². The zero-order chi connectivity index (χ0) is 25.0. The van der Waals surface area contributed by atoms with Crippen LogP contribution in [-0.2, 0) is 16.0 Å². The molecule has 4 rings (SSSR count). The number of rotatable bonds is 6. The highest BCUT2D eigenvalue weighted by Crippen LogP contribution is 2.35. The fraction of sp³-hybridized carbons (Fsp3) is 0.444. The molecule has 186 valence electrons. The highest BCUT2D eigenvalue weighted by molar-refractivity contribution is 6.06. The number of phenolic OH excluding ortho intramolecular Hbond substituents is 1. The lowest BCUT2D eigenvalue weighted by Gasteiger charge is -2.33. The van der Waals surface area contributed by atoms with Crippen molar-refractivity contribution >= 4 is 17.8 Å². The van der Waals surface area contributed by atoms with Gasteiger partial charge in [-0.3, -0.25) is 9.59 Å². The van der Waals surface area contributed by atoms with Crippen LogP contribution in [0.1, 0.15) is 54.4 Å². The standard InChI is InChI=1S/C27H32N2O6/c30-21-16-20(18-27(35,26(33)34)25(32)29-14-8-3-9-15-29)23(19-10-4-1-5-11-19)22(17-21)24(31)28-12-6-2-7-13-28/h1,4-5,10-11,16-17,30,35H,2-3,6-9,12-15,18H2,(H,33,34). The molecule has 2 aliphatic heterocycles. The lowest BCUT2D eigenvalue weighted by atomic mass is 9.85. The summed E-state index contributed by atoms with van der Waals surface area (Å²) in [5.74, 6) is -3.00. The van der Waals surface area contributed by atoms with E-state index in [0.717, 1.165) is 38.5 Å². The van der Waals surface area contributed by atoms with Gasteiger partial charge in [0.05, 0.1) is 5.56 Å². The summed E-state index contributed by atoms with van der Waals surface area (Å²) in [6, 6.07) is 11.7. The van der Waals surface area contributed by atoms with Gasteiger partial charge in [-0.05, 0) is 67.3 Å². The minimum Gasteiger partial charge on any atom is -0.508 e. The van der Waals surface area contributed by atoms with Crippen LogP contribution in [0.25, 0.3) is 11.1 Å². The molecule has 0 aliphatic carbocycles. The topological polar surface area (TPSA) is 118 Å². The number of carboxylic acid groups (broad SMARTS) is 1. The third-order valence-corrected chi connectivity index (χ3v) is 6.94. The molecule has 0 spiro atoms. The molecule has 3 N–H and O–H groups in total. The first-order chi connectivity index (χ1) is 16.8. The summed E-state index contributed by atoms with van der Waals surface area (Å²) >= 11 is 0. The van der Waals surface area contributed by atoms with Crippen molar-refractivity contribution in [2.75, 3.05) is 26.2 Å². The van der Waals surface area contributed by atoms with E-state index in [9.17, 15) is 29.7 Å². The van der Waals surface area contributed by atoms with E-state index in [-0.39, 0.29) is 22.8 Å². The van der Waals surface area contributed by atoms with Gasteiger partial charge in [-0.2, -0.15) is 0 Å². The van der Waals surface area contributed by atoms with Gasteiger partial charge in [-0.1, -0.05) is 30.3 Å². The van der Waals surface area contributed by atoms with Crippen LogP contribution >= 0.6 is 0 Å². The number of benzene rings is 2. The van der Waals surface area contributed by atoms with Crippen LogP contribution in [-0.4, -0.2) is 74.7 Å². The van der Waals surface area contributed by atoms with E-state index in [2.05, 4.69) is 0 Å². The molecular formula is C27H32N2O6. The largest absolute Gasteiger partial charge is 0.508 e. The monoisotopic (exact) mass is 480 g/mol. The van der Waals surface area contributed by atoms with Gasteiger partial charge in [0.15, 0.2) is 0 Å². The van der Waals surface area contributed by atoms with Gasteiger partial charge in [0, 0.05) is 32.6 Å². The number of piperidine rings is 2. The van der Waals surface area contributed by atoms with E-state index in [1.54, 1.807) is 29.2 Å². The number of aliphatic hydroxyl groups is 1. The Morgan fingerprint density at radius 1 is 0.829 bits per heavy atom. The number of carbonyl (C=O) groups excluding carboxylic acids is 2. The molecule has 2 fully saturated rings. The zero-order valence-electron chi connectivity index (χ0n) is 19.8. The number of nitrogens with zero attached hydrogens (tertiary/aromatic N) is 2. The summed E-state index contributed by atoms with van der Waals surface area (Å²) in [5, 5.41) is 31.7. The van der Waals surface area contributed by atoms with Gasteiger partial charge in [0.1, 0.15) is 5.75 Å². The number of hydrogen-bond donors (Lipinski definition) is 3. The fourth-order valence-corrected chi connectivity index (χ4v) is 5.08. The molecule has 2 aromatic rings. The normalized spacial score (nSPS) is 18.1. The van der Waals surface area contributed by atoms with Crippen LogP contribution in [0.3, 0.4) is 0 Å². The lowest BCUT2D eigenvalue weighted by Crippen LogP contribution is -2.56. The first kappa shape index (κ1) is 24.7. The minimum absolute atomic E-state index is 0.224. The number of carboxylic acids is 1. The van der Waals surface area contributed by atoms with Gasteiger partial charge >= 0.3 is 5.97 Å². The molecule has 0 bridgehead atoms. The smallest absolute Gasteiger partial charge is 0.346 e. The molecule has 0 aromatic heterocycles. The van der Waals surface area contributed by atoms with Crippen LogP contribution < -0.4 is 0 Å². The molecule has 0 saturated carbocycles. The van der Waals surface area contributed by atoms with Crippen LogP contribution in [0.2, 0.25) is 0 Å². The van der Waals surface area contributed by atoms with Crippen molar-refractivity contribution < 1.29 is 29.7 Å². The van der Waals surface area contributed by atoms with Crippen LogP contribution in [0, 0.1) is 0 Å². The van der Waals surface area contributed by atoms with E-state index >= 15 is 0 Å². The third-order valence-electron chi connectivity index (χ3n) is 6.94. The van der Waals surface area contributed by atoms with Crippen molar-refractivity contribution in [1.29, 1.82) is 0 Å². The Kier molecular flexibility index (Phi) is 7.40. The second kappa shape index (κ2) is 10.5. The molecule has 1 unspecified atom stereocenters. The fourth-order valence-electron chi connectivity index (χ4n) is 5.08. The lowest BCUT2D eigenvalue weighted by molar-refractivity contribution is -0.172. The predicted molar refractivity (Wildman–Crippen MR) is 130 cm³/mol. The Hall–Kier alpha value is -3.39. The summed E-state index contributed by atoms with van der Waals surface area (Å²) in [4.78, 5) is 42.2. The number of amides is 2. The van der Waals surface area contributed by atoms with Gasteiger partial charge < -0.3 is 25.1 Å². The average molecular weight is 481 g/mol. The Morgan fingerprint density at radius 3 is 1.97 bits per heavy atom. The van der Waals surface area contributed by atoms with E-state index in [1.807, 2.05) is 6.07 Å². The van der Waals surface area contributed by atoms with Crippen molar-refractivity contribution in [3.05, 3.63) is 53.6 Å². The first-order valence-corrected chi connectivity index (χ1v) is 12.3. The van der Waals surface area contributed by atoms with Gasteiger partial charge in [-0.25, -0.2) is 4.79 Å². The molecule has 2 aliphatic rings. The third kappa shape index (κ3) is 5.17. The maximum Gasteiger partial charge on any atom is 0.346 e. The van der Waals surface area contributed by atoms with E-state index in [4.69, 9.17) is 0 Å². The highest BCUT2D eigenvalue weighted by atomic mass is 16.4. The van der Waals surface area contributed by atoms with Gasteiger partial charge in [0.2, 0.25) is 5.60 Å². The Bertz CT molecular complexity index is 1090. The number of aliphatic carboxylic acids is 1. The van der Waals surface area contributed by atoms with Crippen LogP contribution in [0.15, 0.2) is 42.5 Å². The molecule has 2 amide bonds. The molecule has 35 heavy (non-hydrogen) atoms. The molecule has 1 atom stereocenters. The Balaban J connectivity index is 1.81. The maximum absolute atomic E-state index is 13.5. The zero-order valence-corrected chi connectivity index (χ0v) is 19.8. The van der Waals surface area contributed by atoms with E-state index < -0.39 is 23.9 Å². The second-order valence-corrected chi connectivity index (χ2v) is 9.44. The molecular weight excluding hydrogens is 448 g/mol. The van der Waals surface area contributed by atoms with Crippen LogP contribution in [0.5, 0.6) is 5.75 Å². The van der Waals surface area contributed by atoms with E-state index in [0.29, 0.717) is 37.3 Å². The van der Waals surface area contributed by atoms with Gasteiger partial charge in [-0.15, -0.1) is 0 Å². The SMILES string of the molecule is O=C(c1cc(O)cc(CC(O)(C(=O)O)C(=O)N2CCCCC2)c1-c1ccccc1)N1CCCCC1. The Labute approximate surface area is 204 Å². The minimum atomic E-state index is -2.72. The maximum atomic E-state index is 13.5. The van der Waals surface area contributed by atoms with Crippen molar-refractivity contribution in [2.45, 2.75) is 50.5 Å². The number of hydrogen-bond acceptors (Lipinski definition) is 5. The molecule has 8 heteroatoms. The first-order valence-electron chi connectivity index (χ1n) is 12.3. The summed E-state index contributed by atoms with van der Waals surface area (Å²) in [6.45, 7) is 1.98. The highest BCUT2D eigenvalue weighted by Gasteiger charge is 2.47. The van der Waals surface area contributed by atoms with Crippen molar-refractivity contribution in [2.24, 2.45) is 0 Å². The summed E-state index contributed by atoms with van der Waals surface area (Å²) in [6.07, 6.45) is 4.69. The Morgan fingerprint density at radius 2 is 1.40 bits per heavy atom.